The Morgan fingerprint density at radius 2 is 2.17 bits per heavy atom. The first-order valence-electron chi connectivity index (χ1n) is 4.56. The molecule has 3 heteroatoms. The number of carbonyl (C=O) groups is 1. The lowest BCUT2D eigenvalue weighted by Gasteiger charge is -2.14. The Morgan fingerprint density at radius 1 is 1.58 bits per heavy atom. The largest absolute Gasteiger partial charge is 0.465 e. The molecule has 0 spiro atoms. The number of rotatable bonds is 3. The molecular formula is C9H15BrO2. The summed E-state index contributed by atoms with van der Waals surface area (Å²) >= 11 is 3.40. The highest BCUT2D eigenvalue weighted by Gasteiger charge is 2.29. The van der Waals surface area contributed by atoms with E-state index in [1.165, 1.54) is 12.8 Å². The van der Waals surface area contributed by atoms with Crippen LogP contribution in [0.4, 0.5) is 0 Å². The third kappa shape index (κ3) is 2.47. The Hall–Kier alpha value is -0.0500. The summed E-state index contributed by atoms with van der Waals surface area (Å²) in [6, 6.07) is 0. The van der Waals surface area contributed by atoms with E-state index in [0.29, 0.717) is 12.5 Å². The molecule has 1 atom stereocenters. The van der Waals surface area contributed by atoms with E-state index in [0.717, 1.165) is 12.8 Å². The average Bonchev–Trinajstić information content (AvgIpc) is 2.55. The normalized spacial score (nSPS) is 20.8. The van der Waals surface area contributed by atoms with Crippen LogP contribution in [0.1, 0.15) is 32.6 Å². The first kappa shape index (κ1) is 10.0. The van der Waals surface area contributed by atoms with Crippen LogP contribution in [0.3, 0.4) is 0 Å². The molecule has 1 aliphatic rings. The quantitative estimate of drug-likeness (QED) is 0.555. The number of ether oxygens (including phenoxy) is 1. The first-order chi connectivity index (χ1) is 5.75. The third-order valence-electron chi connectivity index (χ3n) is 2.33. The molecule has 0 aromatic rings. The second kappa shape index (κ2) is 4.85. The molecule has 0 aromatic carbocycles. The summed E-state index contributed by atoms with van der Waals surface area (Å²) in [5.41, 5.74) is 0. The van der Waals surface area contributed by atoms with Crippen LogP contribution in [-0.4, -0.2) is 17.4 Å². The average molecular weight is 235 g/mol. The zero-order valence-corrected chi connectivity index (χ0v) is 8.97. The fraction of sp³-hybridized carbons (Fsp3) is 0.889. The van der Waals surface area contributed by atoms with Gasteiger partial charge in [0.15, 0.2) is 0 Å². The second-order valence-corrected chi connectivity index (χ2v) is 4.18. The molecule has 1 saturated carbocycles. The molecule has 0 aliphatic heterocycles. The van der Waals surface area contributed by atoms with E-state index < -0.39 is 0 Å². The molecule has 12 heavy (non-hydrogen) atoms. The van der Waals surface area contributed by atoms with Crippen molar-refractivity contribution in [1.29, 1.82) is 0 Å². The van der Waals surface area contributed by atoms with Gasteiger partial charge in [0.1, 0.15) is 4.83 Å². The summed E-state index contributed by atoms with van der Waals surface area (Å²) in [6.07, 6.45) is 4.84. The minimum absolute atomic E-state index is 0.0695. The highest BCUT2D eigenvalue weighted by Crippen LogP contribution is 2.31. The maximum atomic E-state index is 11.3. The number of hydrogen-bond donors (Lipinski definition) is 0. The van der Waals surface area contributed by atoms with Crippen LogP contribution in [0, 0.1) is 5.92 Å². The fourth-order valence-corrected chi connectivity index (χ4v) is 2.33. The highest BCUT2D eigenvalue weighted by atomic mass is 79.9. The molecule has 1 fully saturated rings. The van der Waals surface area contributed by atoms with Crippen molar-refractivity contribution < 1.29 is 9.53 Å². The lowest BCUT2D eigenvalue weighted by atomic mass is 10.0. The van der Waals surface area contributed by atoms with Crippen molar-refractivity contribution in [2.24, 2.45) is 5.92 Å². The minimum atomic E-state index is -0.0931. The van der Waals surface area contributed by atoms with Crippen LogP contribution in [0.25, 0.3) is 0 Å². The van der Waals surface area contributed by atoms with Gasteiger partial charge in [-0.2, -0.15) is 0 Å². The molecule has 0 radical (unpaired) electrons. The van der Waals surface area contributed by atoms with E-state index in [1.807, 2.05) is 6.92 Å². The Bertz CT molecular complexity index is 153. The maximum Gasteiger partial charge on any atom is 0.319 e. The predicted octanol–water partition coefficient (Wildman–Crippen LogP) is 2.50. The van der Waals surface area contributed by atoms with Gasteiger partial charge in [0, 0.05) is 0 Å². The van der Waals surface area contributed by atoms with Crippen LogP contribution < -0.4 is 0 Å². The number of hydrogen-bond acceptors (Lipinski definition) is 2. The van der Waals surface area contributed by atoms with E-state index in [2.05, 4.69) is 15.9 Å². The monoisotopic (exact) mass is 234 g/mol. The summed E-state index contributed by atoms with van der Waals surface area (Å²) in [5.74, 6) is 0.411. The lowest BCUT2D eigenvalue weighted by Crippen LogP contribution is -2.24. The van der Waals surface area contributed by atoms with Crippen molar-refractivity contribution in [1.82, 2.24) is 0 Å². The van der Waals surface area contributed by atoms with Gasteiger partial charge < -0.3 is 4.74 Å². The van der Waals surface area contributed by atoms with Gasteiger partial charge in [0.2, 0.25) is 0 Å². The van der Waals surface area contributed by atoms with Gasteiger partial charge in [0.05, 0.1) is 6.61 Å². The summed E-state index contributed by atoms with van der Waals surface area (Å²) in [5, 5.41) is 0. The molecule has 0 heterocycles. The number of esters is 1. The number of alkyl halides is 1. The highest BCUT2D eigenvalue weighted by molar-refractivity contribution is 9.10. The molecular weight excluding hydrogens is 220 g/mol. The predicted molar refractivity (Wildman–Crippen MR) is 51.3 cm³/mol. The van der Waals surface area contributed by atoms with E-state index in [4.69, 9.17) is 4.74 Å². The third-order valence-corrected chi connectivity index (χ3v) is 3.45. The Balaban J connectivity index is 2.34. The van der Waals surface area contributed by atoms with Gasteiger partial charge in [-0.15, -0.1) is 0 Å². The standard InChI is InChI=1S/C9H15BrO2/c1-2-12-9(11)8(10)7-5-3-4-6-7/h7-8H,2-6H2,1H3/t8-/m0/s1. The zero-order valence-electron chi connectivity index (χ0n) is 7.38. The SMILES string of the molecule is CCOC(=O)[C@@H](Br)C1CCCC1. The molecule has 0 amide bonds. The van der Waals surface area contributed by atoms with Crippen molar-refractivity contribution in [3.05, 3.63) is 0 Å². The summed E-state index contributed by atoms with van der Waals surface area (Å²) in [4.78, 5) is 11.2. The summed E-state index contributed by atoms with van der Waals surface area (Å²) in [7, 11) is 0. The van der Waals surface area contributed by atoms with Crippen molar-refractivity contribution >= 4 is 21.9 Å². The molecule has 0 aromatic heterocycles. The molecule has 0 bridgehead atoms. The Labute approximate surface area is 81.8 Å². The van der Waals surface area contributed by atoms with Gasteiger partial charge in [0.25, 0.3) is 0 Å². The molecule has 2 nitrogen and oxygen atoms in total. The second-order valence-electron chi connectivity index (χ2n) is 3.20. The van der Waals surface area contributed by atoms with E-state index in [1.54, 1.807) is 0 Å². The molecule has 1 aliphatic carbocycles. The van der Waals surface area contributed by atoms with Crippen LogP contribution >= 0.6 is 15.9 Å². The zero-order chi connectivity index (χ0) is 8.97. The molecule has 0 N–H and O–H groups in total. The topological polar surface area (TPSA) is 26.3 Å². The molecule has 70 valence electrons. The Kier molecular flexibility index (Phi) is 4.06. The Morgan fingerprint density at radius 3 is 2.67 bits per heavy atom. The number of carbonyl (C=O) groups excluding carboxylic acids is 1. The van der Waals surface area contributed by atoms with Gasteiger partial charge in [-0.1, -0.05) is 28.8 Å². The van der Waals surface area contributed by atoms with Crippen LogP contribution in [0.2, 0.25) is 0 Å². The number of halogens is 1. The first-order valence-corrected chi connectivity index (χ1v) is 5.48. The maximum absolute atomic E-state index is 11.3. The van der Waals surface area contributed by atoms with Gasteiger partial charge in [-0.3, -0.25) is 4.79 Å². The molecule has 0 saturated heterocycles. The smallest absolute Gasteiger partial charge is 0.319 e. The molecule has 1 rings (SSSR count). The molecule has 0 unspecified atom stereocenters. The van der Waals surface area contributed by atoms with Crippen LogP contribution in [-0.2, 0) is 9.53 Å². The van der Waals surface area contributed by atoms with Gasteiger partial charge >= 0.3 is 5.97 Å². The van der Waals surface area contributed by atoms with Gasteiger partial charge in [-0.05, 0) is 25.7 Å². The fourth-order valence-electron chi connectivity index (χ4n) is 1.66. The van der Waals surface area contributed by atoms with Crippen molar-refractivity contribution in [2.45, 2.75) is 37.4 Å². The van der Waals surface area contributed by atoms with Gasteiger partial charge in [-0.25, -0.2) is 0 Å². The van der Waals surface area contributed by atoms with E-state index >= 15 is 0 Å². The van der Waals surface area contributed by atoms with Crippen molar-refractivity contribution in [3.8, 4) is 0 Å². The van der Waals surface area contributed by atoms with E-state index in [-0.39, 0.29) is 10.8 Å². The van der Waals surface area contributed by atoms with Crippen LogP contribution in [0.15, 0.2) is 0 Å². The summed E-state index contributed by atoms with van der Waals surface area (Å²) in [6.45, 7) is 2.32. The van der Waals surface area contributed by atoms with Crippen molar-refractivity contribution in [3.63, 3.8) is 0 Å². The van der Waals surface area contributed by atoms with E-state index in [9.17, 15) is 4.79 Å². The van der Waals surface area contributed by atoms with Crippen LogP contribution in [0.5, 0.6) is 0 Å². The summed E-state index contributed by atoms with van der Waals surface area (Å²) < 4.78 is 4.93. The van der Waals surface area contributed by atoms with Crippen molar-refractivity contribution in [2.75, 3.05) is 6.61 Å². The lowest BCUT2D eigenvalue weighted by molar-refractivity contribution is -0.143. The minimum Gasteiger partial charge on any atom is -0.465 e.